The average molecular weight is 207 g/mol. The molecule has 0 bridgehead atoms. The highest BCUT2D eigenvalue weighted by Gasteiger charge is 2.07. The van der Waals surface area contributed by atoms with Gasteiger partial charge >= 0.3 is 0 Å². The fourth-order valence-electron chi connectivity index (χ4n) is 1.37. The van der Waals surface area contributed by atoms with Crippen LogP contribution in [0.2, 0.25) is 0 Å². The van der Waals surface area contributed by atoms with E-state index in [1.165, 1.54) is 0 Å². The summed E-state index contributed by atoms with van der Waals surface area (Å²) in [5.74, 6) is 1.39. The van der Waals surface area contributed by atoms with Gasteiger partial charge in [0.1, 0.15) is 0 Å². The molecule has 0 heterocycles. The van der Waals surface area contributed by atoms with E-state index >= 15 is 0 Å². The molecule has 0 unspecified atom stereocenters. The van der Waals surface area contributed by atoms with E-state index in [1.807, 2.05) is 18.2 Å². The van der Waals surface area contributed by atoms with Gasteiger partial charge in [0.05, 0.1) is 14.2 Å². The highest BCUT2D eigenvalue weighted by Crippen LogP contribution is 2.30. The minimum atomic E-state index is 0.417. The van der Waals surface area contributed by atoms with Crippen LogP contribution in [-0.2, 0) is 6.42 Å². The normalized spacial score (nSPS) is 9.20. The van der Waals surface area contributed by atoms with Gasteiger partial charge in [-0.15, -0.1) is 0 Å². The Hall–Kier alpha value is -1.87. The molecule has 1 aromatic rings. The zero-order chi connectivity index (χ0) is 11.1. The van der Waals surface area contributed by atoms with Crippen LogP contribution < -0.4 is 9.47 Å². The van der Waals surface area contributed by atoms with E-state index in [4.69, 9.17) is 15.0 Å². The van der Waals surface area contributed by atoms with Crippen LogP contribution in [0.25, 0.3) is 10.4 Å². The summed E-state index contributed by atoms with van der Waals surface area (Å²) in [5, 5.41) is 3.48. The third-order valence-electron chi connectivity index (χ3n) is 2.03. The van der Waals surface area contributed by atoms with Gasteiger partial charge in [0.25, 0.3) is 0 Å². The summed E-state index contributed by atoms with van der Waals surface area (Å²) in [6.45, 7) is 0.417. The lowest BCUT2D eigenvalue weighted by molar-refractivity contribution is 0.352. The lowest BCUT2D eigenvalue weighted by Crippen LogP contribution is -1.97. The van der Waals surface area contributed by atoms with Crippen LogP contribution in [0.1, 0.15) is 5.56 Å². The van der Waals surface area contributed by atoms with Gasteiger partial charge in [0.2, 0.25) is 0 Å². The lowest BCUT2D eigenvalue weighted by Gasteiger charge is -2.11. The highest BCUT2D eigenvalue weighted by molar-refractivity contribution is 5.46. The summed E-state index contributed by atoms with van der Waals surface area (Å²) in [4.78, 5) is 2.70. The molecular formula is C10H13N3O2. The number of rotatable bonds is 5. The van der Waals surface area contributed by atoms with Crippen molar-refractivity contribution in [3.63, 3.8) is 0 Å². The summed E-state index contributed by atoms with van der Waals surface area (Å²) in [6, 6.07) is 5.64. The fourth-order valence-corrected chi connectivity index (χ4v) is 1.37. The van der Waals surface area contributed by atoms with Crippen LogP contribution in [0.15, 0.2) is 23.3 Å². The Bertz CT molecular complexity index is 373. The molecule has 0 aliphatic carbocycles. The van der Waals surface area contributed by atoms with Crippen molar-refractivity contribution in [2.75, 3.05) is 20.8 Å². The zero-order valence-corrected chi connectivity index (χ0v) is 8.80. The molecule has 15 heavy (non-hydrogen) atoms. The van der Waals surface area contributed by atoms with Gasteiger partial charge in [-0.05, 0) is 23.6 Å². The summed E-state index contributed by atoms with van der Waals surface area (Å²) in [6.07, 6.45) is 0.643. The topological polar surface area (TPSA) is 67.2 Å². The molecule has 0 amide bonds. The van der Waals surface area contributed by atoms with Crippen LogP contribution in [0.5, 0.6) is 11.5 Å². The Kier molecular flexibility index (Phi) is 4.31. The number of ether oxygens (including phenoxy) is 2. The molecule has 0 radical (unpaired) electrons. The third-order valence-corrected chi connectivity index (χ3v) is 2.03. The standard InChI is InChI=1S/C10H13N3O2/c1-14-9-5-3-4-8(10(9)15-2)6-7-12-13-11/h3-5H,6-7H2,1-2H3. The number of nitrogens with zero attached hydrogens (tertiary/aromatic N) is 3. The molecule has 0 fully saturated rings. The van der Waals surface area contributed by atoms with E-state index in [0.717, 1.165) is 5.56 Å². The fraction of sp³-hybridized carbons (Fsp3) is 0.400. The average Bonchev–Trinajstić information content (AvgIpc) is 2.29. The van der Waals surface area contributed by atoms with Gasteiger partial charge in [-0.25, -0.2) is 0 Å². The smallest absolute Gasteiger partial charge is 0.163 e. The molecule has 5 nitrogen and oxygen atoms in total. The molecule has 0 spiro atoms. The Morgan fingerprint density at radius 1 is 1.33 bits per heavy atom. The molecule has 1 aromatic carbocycles. The van der Waals surface area contributed by atoms with Crippen molar-refractivity contribution < 1.29 is 9.47 Å². The number of hydrogen-bond donors (Lipinski definition) is 0. The summed E-state index contributed by atoms with van der Waals surface area (Å²) < 4.78 is 10.4. The van der Waals surface area contributed by atoms with Gasteiger partial charge in [0.15, 0.2) is 11.5 Å². The second-order valence-corrected chi connectivity index (χ2v) is 2.86. The molecule has 0 aliphatic heterocycles. The molecule has 1 rings (SSSR count). The third kappa shape index (κ3) is 2.79. The van der Waals surface area contributed by atoms with Gasteiger partial charge in [-0.2, -0.15) is 0 Å². The first-order valence-corrected chi connectivity index (χ1v) is 4.54. The van der Waals surface area contributed by atoms with Gasteiger partial charge in [-0.1, -0.05) is 17.2 Å². The van der Waals surface area contributed by atoms with Gasteiger partial charge in [-0.3, -0.25) is 0 Å². The van der Waals surface area contributed by atoms with Crippen molar-refractivity contribution in [1.29, 1.82) is 0 Å². The second kappa shape index (κ2) is 5.78. The van der Waals surface area contributed by atoms with Crippen molar-refractivity contribution in [3.8, 4) is 11.5 Å². The van der Waals surface area contributed by atoms with E-state index in [9.17, 15) is 0 Å². The van der Waals surface area contributed by atoms with E-state index < -0.39 is 0 Å². The monoisotopic (exact) mass is 207 g/mol. The molecule has 0 aliphatic rings. The number of azide groups is 1. The summed E-state index contributed by atoms with van der Waals surface area (Å²) >= 11 is 0. The molecule has 5 heteroatoms. The van der Waals surface area contributed by atoms with Gasteiger partial charge in [0, 0.05) is 11.5 Å². The minimum Gasteiger partial charge on any atom is -0.493 e. The molecular weight excluding hydrogens is 194 g/mol. The Labute approximate surface area is 88.3 Å². The SMILES string of the molecule is COc1cccc(CCN=[N+]=[N-])c1OC. The van der Waals surface area contributed by atoms with Crippen molar-refractivity contribution in [3.05, 3.63) is 34.2 Å². The molecule has 0 N–H and O–H groups in total. The van der Waals surface area contributed by atoms with E-state index in [-0.39, 0.29) is 0 Å². The summed E-state index contributed by atoms with van der Waals surface area (Å²) in [7, 11) is 3.18. The van der Waals surface area contributed by atoms with E-state index in [0.29, 0.717) is 24.5 Å². The largest absolute Gasteiger partial charge is 0.493 e. The van der Waals surface area contributed by atoms with Crippen molar-refractivity contribution in [2.45, 2.75) is 6.42 Å². The van der Waals surface area contributed by atoms with Crippen LogP contribution in [0.3, 0.4) is 0 Å². The molecule has 80 valence electrons. The van der Waals surface area contributed by atoms with Crippen molar-refractivity contribution in [2.24, 2.45) is 5.11 Å². The molecule has 0 saturated carbocycles. The Balaban J connectivity index is 2.90. The molecule has 0 aromatic heterocycles. The van der Waals surface area contributed by atoms with E-state index in [2.05, 4.69) is 10.0 Å². The maximum atomic E-state index is 8.17. The van der Waals surface area contributed by atoms with Crippen LogP contribution in [0.4, 0.5) is 0 Å². The molecule has 0 saturated heterocycles. The van der Waals surface area contributed by atoms with Crippen molar-refractivity contribution >= 4 is 0 Å². The first-order chi connectivity index (χ1) is 7.33. The number of para-hydroxylation sites is 1. The van der Waals surface area contributed by atoms with E-state index in [1.54, 1.807) is 14.2 Å². The van der Waals surface area contributed by atoms with Crippen LogP contribution >= 0.6 is 0 Å². The van der Waals surface area contributed by atoms with Crippen molar-refractivity contribution in [1.82, 2.24) is 0 Å². The predicted molar refractivity (Wildman–Crippen MR) is 57.3 cm³/mol. The summed E-state index contributed by atoms with van der Waals surface area (Å²) in [5.41, 5.74) is 9.15. The maximum absolute atomic E-state index is 8.17. The number of methoxy groups -OCH3 is 2. The number of hydrogen-bond acceptors (Lipinski definition) is 3. The first-order valence-electron chi connectivity index (χ1n) is 4.54. The first kappa shape index (κ1) is 11.2. The van der Waals surface area contributed by atoms with Crippen LogP contribution in [-0.4, -0.2) is 20.8 Å². The van der Waals surface area contributed by atoms with Crippen LogP contribution in [0, 0.1) is 0 Å². The maximum Gasteiger partial charge on any atom is 0.163 e. The highest BCUT2D eigenvalue weighted by atomic mass is 16.5. The predicted octanol–water partition coefficient (Wildman–Crippen LogP) is 2.56. The lowest BCUT2D eigenvalue weighted by atomic mass is 10.1. The number of benzene rings is 1. The second-order valence-electron chi connectivity index (χ2n) is 2.86. The van der Waals surface area contributed by atoms with Gasteiger partial charge < -0.3 is 9.47 Å². The minimum absolute atomic E-state index is 0.417. The zero-order valence-electron chi connectivity index (χ0n) is 8.80. The Morgan fingerprint density at radius 2 is 2.13 bits per heavy atom. The quantitative estimate of drug-likeness (QED) is 0.423. The Morgan fingerprint density at radius 3 is 2.73 bits per heavy atom. The molecule has 0 atom stereocenters.